The molecule has 0 spiro atoms. The second kappa shape index (κ2) is 5.96. The molecule has 0 aliphatic carbocycles. The quantitative estimate of drug-likeness (QED) is 0.853. The van der Waals surface area contributed by atoms with Crippen LogP contribution in [0.15, 0.2) is 12.4 Å². The average Bonchev–Trinajstić information content (AvgIpc) is 2.78. The van der Waals surface area contributed by atoms with Gasteiger partial charge in [-0.1, -0.05) is 0 Å². The first-order chi connectivity index (χ1) is 9.69. The number of hydrogen-bond donors (Lipinski definition) is 0. The monoisotopic (exact) mass is 304 g/mol. The molecular weight excluding hydrogens is 281 g/mol. The van der Waals surface area contributed by atoms with Gasteiger partial charge in [-0.05, 0) is 20.8 Å². The number of piperazine rings is 1. The molecule has 2 heterocycles. The molecule has 0 unspecified atom stereocenters. The van der Waals surface area contributed by atoms with Gasteiger partial charge in [-0.3, -0.25) is 14.5 Å². The van der Waals surface area contributed by atoms with E-state index in [0.717, 1.165) is 18.7 Å². The van der Waals surface area contributed by atoms with Gasteiger partial charge in [0.25, 0.3) is 0 Å². The highest BCUT2D eigenvalue weighted by molar-refractivity contribution is 5.06. The Bertz CT molecular complexity index is 467. The van der Waals surface area contributed by atoms with Crippen molar-refractivity contribution in [1.29, 1.82) is 0 Å². The molecule has 1 aromatic heterocycles. The molecule has 1 saturated heterocycles. The van der Waals surface area contributed by atoms with E-state index in [0.29, 0.717) is 19.6 Å². The topological polar surface area (TPSA) is 24.3 Å². The van der Waals surface area contributed by atoms with Crippen LogP contribution in [0.3, 0.4) is 0 Å². The summed E-state index contributed by atoms with van der Waals surface area (Å²) in [5.41, 5.74) is 0.826. The van der Waals surface area contributed by atoms with Crippen molar-refractivity contribution in [1.82, 2.24) is 19.6 Å². The SMILES string of the molecule is CCn1cc(CN2CCN(CC(F)(F)F)CC2(C)C)cn1. The second-order valence-corrected chi connectivity index (χ2v) is 6.26. The molecule has 120 valence electrons. The maximum absolute atomic E-state index is 12.5. The summed E-state index contributed by atoms with van der Waals surface area (Å²) in [7, 11) is 0. The van der Waals surface area contributed by atoms with Gasteiger partial charge < -0.3 is 0 Å². The van der Waals surface area contributed by atoms with Crippen LogP contribution < -0.4 is 0 Å². The second-order valence-electron chi connectivity index (χ2n) is 6.26. The Morgan fingerprint density at radius 3 is 2.52 bits per heavy atom. The molecule has 0 N–H and O–H groups in total. The van der Waals surface area contributed by atoms with Crippen molar-refractivity contribution in [3.8, 4) is 0 Å². The molecule has 2 rings (SSSR count). The molecular formula is C14H23F3N4. The number of aromatic nitrogens is 2. The first-order valence-corrected chi connectivity index (χ1v) is 7.25. The molecule has 7 heteroatoms. The van der Waals surface area contributed by atoms with E-state index in [1.807, 2.05) is 37.8 Å². The third kappa shape index (κ3) is 4.44. The number of aryl methyl sites for hydroxylation is 1. The van der Waals surface area contributed by atoms with Crippen molar-refractivity contribution in [2.45, 2.75) is 45.6 Å². The maximum Gasteiger partial charge on any atom is 0.401 e. The lowest BCUT2D eigenvalue weighted by Crippen LogP contribution is -2.59. The van der Waals surface area contributed by atoms with Gasteiger partial charge >= 0.3 is 6.18 Å². The highest BCUT2D eigenvalue weighted by Gasteiger charge is 2.38. The number of alkyl halides is 3. The zero-order valence-electron chi connectivity index (χ0n) is 12.8. The van der Waals surface area contributed by atoms with Crippen LogP contribution in [0.4, 0.5) is 13.2 Å². The van der Waals surface area contributed by atoms with Gasteiger partial charge in [-0.2, -0.15) is 18.3 Å². The highest BCUT2D eigenvalue weighted by atomic mass is 19.4. The Balaban J connectivity index is 1.97. The van der Waals surface area contributed by atoms with Gasteiger partial charge in [0.2, 0.25) is 0 Å². The predicted molar refractivity (Wildman–Crippen MR) is 74.9 cm³/mol. The van der Waals surface area contributed by atoms with E-state index in [4.69, 9.17) is 0 Å². The van der Waals surface area contributed by atoms with Crippen molar-refractivity contribution < 1.29 is 13.2 Å². The van der Waals surface area contributed by atoms with Crippen LogP contribution in [-0.2, 0) is 13.1 Å². The summed E-state index contributed by atoms with van der Waals surface area (Å²) in [5, 5.41) is 4.24. The molecule has 0 atom stereocenters. The fourth-order valence-electron chi connectivity index (χ4n) is 2.85. The molecule has 0 saturated carbocycles. The third-order valence-electron chi connectivity index (χ3n) is 3.94. The first-order valence-electron chi connectivity index (χ1n) is 7.25. The smallest absolute Gasteiger partial charge is 0.292 e. The summed E-state index contributed by atoms with van der Waals surface area (Å²) in [4.78, 5) is 3.73. The highest BCUT2D eigenvalue weighted by Crippen LogP contribution is 2.26. The third-order valence-corrected chi connectivity index (χ3v) is 3.94. The lowest BCUT2D eigenvalue weighted by molar-refractivity contribution is -0.155. The standard InChI is InChI=1S/C14H23F3N4/c1-4-21-9-12(7-18-21)8-20-6-5-19(10-13(20,2)3)11-14(15,16)17/h7,9H,4-6,8,10-11H2,1-3H3. The average molecular weight is 304 g/mol. The Labute approximate surface area is 123 Å². The van der Waals surface area contributed by atoms with Crippen molar-refractivity contribution in [2.75, 3.05) is 26.2 Å². The number of hydrogen-bond acceptors (Lipinski definition) is 3. The van der Waals surface area contributed by atoms with Crippen molar-refractivity contribution in [2.24, 2.45) is 0 Å². The minimum atomic E-state index is -4.12. The summed E-state index contributed by atoms with van der Waals surface area (Å²) < 4.78 is 39.4. The summed E-state index contributed by atoms with van der Waals surface area (Å²) in [6.07, 6.45) is -0.291. The molecule has 1 fully saturated rings. The van der Waals surface area contributed by atoms with Gasteiger partial charge in [0.1, 0.15) is 0 Å². The van der Waals surface area contributed by atoms with Gasteiger partial charge in [0.15, 0.2) is 0 Å². The molecule has 0 amide bonds. The number of nitrogens with zero attached hydrogens (tertiary/aromatic N) is 4. The minimum absolute atomic E-state index is 0.280. The van der Waals surface area contributed by atoms with E-state index < -0.39 is 12.7 Å². The van der Waals surface area contributed by atoms with Gasteiger partial charge in [-0.15, -0.1) is 0 Å². The van der Waals surface area contributed by atoms with Gasteiger partial charge in [0.05, 0.1) is 12.7 Å². The summed E-state index contributed by atoms with van der Waals surface area (Å²) in [6.45, 7) is 8.27. The van der Waals surface area contributed by atoms with E-state index in [-0.39, 0.29) is 5.54 Å². The van der Waals surface area contributed by atoms with Crippen LogP contribution >= 0.6 is 0 Å². The zero-order valence-corrected chi connectivity index (χ0v) is 12.8. The lowest BCUT2D eigenvalue weighted by Gasteiger charge is -2.47. The van der Waals surface area contributed by atoms with Crippen LogP contribution in [0, 0.1) is 0 Å². The van der Waals surface area contributed by atoms with Crippen molar-refractivity contribution >= 4 is 0 Å². The van der Waals surface area contributed by atoms with Crippen molar-refractivity contribution in [3.05, 3.63) is 18.0 Å². The zero-order chi connectivity index (χ0) is 15.7. The largest absolute Gasteiger partial charge is 0.401 e. The molecule has 1 aliphatic heterocycles. The van der Waals surface area contributed by atoms with Gasteiger partial charge in [-0.25, -0.2) is 0 Å². The molecule has 0 aromatic carbocycles. The Morgan fingerprint density at radius 1 is 1.29 bits per heavy atom. The first kappa shape index (κ1) is 16.3. The van der Waals surface area contributed by atoms with Crippen LogP contribution in [0.25, 0.3) is 0 Å². The summed E-state index contributed by atoms with van der Waals surface area (Å²) in [5.74, 6) is 0. The summed E-state index contributed by atoms with van der Waals surface area (Å²) in [6, 6.07) is 0. The summed E-state index contributed by atoms with van der Waals surface area (Å²) >= 11 is 0. The molecule has 4 nitrogen and oxygen atoms in total. The Morgan fingerprint density at radius 2 is 2.00 bits per heavy atom. The van der Waals surface area contributed by atoms with E-state index in [1.54, 1.807) is 0 Å². The van der Waals surface area contributed by atoms with Crippen LogP contribution in [0.1, 0.15) is 26.3 Å². The molecule has 0 bridgehead atoms. The molecule has 0 radical (unpaired) electrons. The fourth-order valence-corrected chi connectivity index (χ4v) is 2.85. The van der Waals surface area contributed by atoms with Crippen LogP contribution in [-0.4, -0.2) is 57.5 Å². The van der Waals surface area contributed by atoms with E-state index >= 15 is 0 Å². The number of rotatable bonds is 4. The predicted octanol–water partition coefficient (Wildman–Crippen LogP) is 2.36. The van der Waals surface area contributed by atoms with E-state index in [1.165, 1.54) is 4.90 Å². The normalized spacial score (nSPS) is 20.9. The minimum Gasteiger partial charge on any atom is -0.292 e. The Hall–Kier alpha value is -1.08. The molecule has 1 aromatic rings. The molecule has 1 aliphatic rings. The number of halogens is 3. The maximum atomic E-state index is 12.5. The van der Waals surface area contributed by atoms with E-state index in [9.17, 15) is 13.2 Å². The van der Waals surface area contributed by atoms with Crippen molar-refractivity contribution in [3.63, 3.8) is 0 Å². The van der Waals surface area contributed by atoms with Crippen LogP contribution in [0.2, 0.25) is 0 Å². The Kier molecular flexibility index (Phi) is 4.63. The van der Waals surface area contributed by atoms with Crippen LogP contribution in [0.5, 0.6) is 0 Å². The fraction of sp³-hybridized carbons (Fsp3) is 0.786. The lowest BCUT2D eigenvalue weighted by atomic mass is 9.98. The molecule has 21 heavy (non-hydrogen) atoms. The van der Waals surface area contributed by atoms with E-state index in [2.05, 4.69) is 10.00 Å². The van der Waals surface area contributed by atoms with Gasteiger partial charge in [0, 0.05) is 50.0 Å².